The fourth-order valence-corrected chi connectivity index (χ4v) is 4.63. The molecule has 2 saturated heterocycles. The van der Waals surface area contributed by atoms with Gasteiger partial charge in [0, 0.05) is 13.1 Å². The summed E-state index contributed by atoms with van der Waals surface area (Å²) in [7, 11) is 0. The van der Waals surface area contributed by atoms with E-state index >= 15 is 0 Å². The summed E-state index contributed by atoms with van der Waals surface area (Å²) in [6.45, 7) is 3.73. The molecule has 0 saturated carbocycles. The zero-order valence-corrected chi connectivity index (χ0v) is 18.9. The number of likely N-dealkylation sites (tertiary alicyclic amines) is 1. The molecule has 166 valence electrons. The Hall–Kier alpha value is -3.06. The van der Waals surface area contributed by atoms with Crippen LogP contribution in [0.5, 0.6) is 5.75 Å². The van der Waals surface area contributed by atoms with Gasteiger partial charge in [-0.05, 0) is 67.3 Å². The Bertz CT molecular complexity index is 1040. The molecular formula is C25H26N2O4S. The number of amides is 3. The molecule has 0 aliphatic carbocycles. The lowest BCUT2D eigenvalue weighted by molar-refractivity contribution is -0.136. The van der Waals surface area contributed by atoms with Crippen LogP contribution in [0.2, 0.25) is 0 Å². The number of piperidine rings is 1. The molecule has 0 bridgehead atoms. The summed E-state index contributed by atoms with van der Waals surface area (Å²) in [6.07, 6.45) is 4.74. The number of nitrogens with zero attached hydrogens (tertiary/aromatic N) is 2. The Balaban J connectivity index is 1.36. The van der Waals surface area contributed by atoms with Crippen molar-refractivity contribution in [3.05, 3.63) is 70.1 Å². The quantitative estimate of drug-likeness (QED) is 0.601. The van der Waals surface area contributed by atoms with E-state index in [0.717, 1.165) is 52.8 Å². The predicted octanol–water partition coefficient (Wildman–Crippen LogP) is 4.62. The molecule has 2 aromatic rings. The van der Waals surface area contributed by atoms with Crippen molar-refractivity contribution < 1.29 is 19.1 Å². The SMILES string of the molecule is Cc1cccc(COc2ccc(/C=C3\SC(=O)N(CC(=O)N4CCCCC4)C3=O)cc2)c1. The molecule has 0 atom stereocenters. The van der Waals surface area contributed by atoms with E-state index in [-0.39, 0.29) is 12.5 Å². The van der Waals surface area contributed by atoms with E-state index in [1.165, 1.54) is 5.56 Å². The number of hydrogen-bond donors (Lipinski definition) is 0. The van der Waals surface area contributed by atoms with Crippen LogP contribution in [0.25, 0.3) is 6.08 Å². The number of carbonyl (C=O) groups is 3. The normalized spacial score (nSPS) is 17.8. The molecule has 2 fully saturated rings. The molecule has 32 heavy (non-hydrogen) atoms. The second-order valence-corrected chi connectivity index (χ2v) is 9.05. The zero-order chi connectivity index (χ0) is 22.5. The van der Waals surface area contributed by atoms with Gasteiger partial charge in [0.15, 0.2) is 0 Å². The van der Waals surface area contributed by atoms with Crippen molar-refractivity contribution in [3.63, 3.8) is 0 Å². The minimum atomic E-state index is -0.412. The van der Waals surface area contributed by atoms with Crippen LogP contribution in [0, 0.1) is 6.92 Å². The van der Waals surface area contributed by atoms with Gasteiger partial charge in [-0.1, -0.05) is 42.0 Å². The molecule has 3 amide bonds. The molecule has 7 heteroatoms. The van der Waals surface area contributed by atoms with Gasteiger partial charge < -0.3 is 9.64 Å². The molecule has 0 unspecified atom stereocenters. The highest BCUT2D eigenvalue weighted by Gasteiger charge is 2.37. The van der Waals surface area contributed by atoms with E-state index in [4.69, 9.17) is 4.74 Å². The van der Waals surface area contributed by atoms with Crippen molar-refractivity contribution in [1.82, 2.24) is 9.80 Å². The van der Waals surface area contributed by atoms with Crippen molar-refractivity contribution in [2.75, 3.05) is 19.6 Å². The van der Waals surface area contributed by atoms with Gasteiger partial charge in [-0.3, -0.25) is 19.3 Å². The Morgan fingerprint density at radius 2 is 1.81 bits per heavy atom. The fourth-order valence-electron chi connectivity index (χ4n) is 3.80. The summed E-state index contributed by atoms with van der Waals surface area (Å²) < 4.78 is 5.83. The Morgan fingerprint density at radius 1 is 1.06 bits per heavy atom. The molecule has 6 nitrogen and oxygen atoms in total. The second kappa shape index (κ2) is 10.0. The molecule has 0 aromatic heterocycles. The smallest absolute Gasteiger partial charge is 0.294 e. The van der Waals surface area contributed by atoms with Crippen LogP contribution >= 0.6 is 11.8 Å². The fraction of sp³-hybridized carbons (Fsp3) is 0.320. The van der Waals surface area contributed by atoms with Crippen molar-refractivity contribution in [3.8, 4) is 5.75 Å². The highest BCUT2D eigenvalue weighted by Crippen LogP contribution is 2.32. The van der Waals surface area contributed by atoms with Crippen LogP contribution in [0.3, 0.4) is 0 Å². The molecule has 0 spiro atoms. The first-order valence-corrected chi connectivity index (χ1v) is 11.6. The Labute approximate surface area is 192 Å². The van der Waals surface area contributed by atoms with E-state index in [0.29, 0.717) is 24.6 Å². The Morgan fingerprint density at radius 3 is 2.53 bits per heavy atom. The minimum Gasteiger partial charge on any atom is -0.489 e. The van der Waals surface area contributed by atoms with E-state index < -0.39 is 11.1 Å². The lowest BCUT2D eigenvalue weighted by Crippen LogP contribution is -2.44. The van der Waals surface area contributed by atoms with E-state index in [1.54, 1.807) is 11.0 Å². The predicted molar refractivity (Wildman–Crippen MR) is 125 cm³/mol. The highest BCUT2D eigenvalue weighted by atomic mass is 32.2. The first-order chi connectivity index (χ1) is 15.5. The topological polar surface area (TPSA) is 66.9 Å². The van der Waals surface area contributed by atoms with Crippen molar-refractivity contribution in [1.29, 1.82) is 0 Å². The van der Waals surface area contributed by atoms with E-state index in [9.17, 15) is 14.4 Å². The van der Waals surface area contributed by atoms with Crippen molar-refractivity contribution in [2.45, 2.75) is 32.8 Å². The number of hydrogen-bond acceptors (Lipinski definition) is 5. The van der Waals surface area contributed by atoms with Crippen molar-refractivity contribution in [2.24, 2.45) is 0 Å². The van der Waals surface area contributed by atoms with Gasteiger partial charge >= 0.3 is 0 Å². The number of benzene rings is 2. The van der Waals surface area contributed by atoms with Crippen molar-refractivity contribution >= 4 is 34.9 Å². The summed E-state index contributed by atoms with van der Waals surface area (Å²) in [4.78, 5) is 40.6. The number of rotatable bonds is 6. The summed E-state index contributed by atoms with van der Waals surface area (Å²) in [5, 5.41) is -0.398. The largest absolute Gasteiger partial charge is 0.489 e. The number of imide groups is 1. The first-order valence-electron chi connectivity index (χ1n) is 10.8. The maximum absolute atomic E-state index is 12.7. The standard InChI is InChI=1S/C25H26N2O4S/c1-18-6-5-7-20(14-18)17-31-21-10-8-19(9-11-21)15-22-24(29)27(25(30)32-22)16-23(28)26-12-3-2-4-13-26/h5-11,14-15H,2-4,12-13,16-17H2,1H3/b22-15-. The summed E-state index contributed by atoms with van der Waals surface area (Å²) in [5.41, 5.74) is 3.08. The average Bonchev–Trinajstić information content (AvgIpc) is 3.06. The monoisotopic (exact) mass is 450 g/mol. The van der Waals surface area contributed by atoms with Gasteiger partial charge in [0.1, 0.15) is 18.9 Å². The maximum Gasteiger partial charge on any atom is 0.294 e. The van der Waals surface area contributed by atoms with Gasteiger partial charge in [-0.15, -0.1) is 0 Å². The summed E-state index contributed by atoms with van der Waals surface area (Å²) >= 11 is 0.875. The van der Waals surface area contributed by atoms with Gasteiger partial charge in [-0.25, -0.2) is 0 Å². The lowest BCUT2D eigenvalue weighted by Gasteiger charge is -2.27. The summed E-state index contributed by atoms with van der Waals surface area (Å²) in [5.74, 6) is 0.150. The second-order valence-electron chi connectivity index (χ2n) is 8.06. The highest BCUT2D eigenvalue weighted by molar-refractivity contribution is 8.18. The maximum atomic E-state index is 12.7. The molecule has 4 rings (SSSR count). The van der Waals surface area contributed by atoms with Crippen LogP contribution in [0.15, 0.2) is 53.4 Å². The lowest BCUT2D eigenvalue weighted by atomic mass is 10.1. The molecule has 0 N–H and O–H groups in total. The number of carbonyl (C=O) groups excluding carboxylic acids is 3. The molecule has 2 aliphatic heterocycles. The van der Waals surface area contributed by atoms with Gasteiger partial charge in [0.25, 0.3) is 11.1 Å². The van der Waals surface area contributed by atoms with Crippen LogP contribution < -0.4 is 4.74 Å². The number of ether oxygens (including phenoxy) is 1. The van der Waals surface area contributed by atoms with Gasteiger partial charge in [-0.2, -0.15) is 0 Å². The van der Waals surface area contributed by atoms with Crippen LogP contribution in [-0.2, 0) is 16.2 Å². The first kappa shape index (κ1) is 22.1. The van der Waals surface area contributed by atoms with E-state index in [1.807, 2.05) is 49.4 Å². The number of thioether (sulfide) groups is 1. The van der Waals surface area contributed by atoms with Crippen LogP contribution in [0.1, 0.15) is 36.0 Å². The molecular weight excluding hydrogens is 424 g/mol. The average molecular weight is 451 g/mol. The number of aryl methyl sites for hydroxylation is 1. The third-order valence-corrected chi connectivity index (χ3v) is 6.45. The third kappa shape index (κ3) is 5.40. The molecule has 0 radical (unpaired) electrons. The molecule has 2 heterocycles. The minimum absolute atomic E-state index is 0.164. The van der Waals surface area contributed by atoms with Crippen LogP contribution in [0.4, 0.5) is 4.79 Å². The van der Waals surface area contributed by atoms with E-state index in [2.05, 4.69) is 6.07 Å². The molecule has 2 aliphatic rings. The van der Waals surface area contributed by atoms with Crippen LogP contribution in [-0.4, -0.2) is 46.5 Å². The zero-order valence-electron chi connectivity index (χ0n) is 18.1. The summed E-state index contributed by atoms with van der Waals surface area (Å²) in [6, 6.07) is 15.5. The Kier molecular flexibility index (Phi) is 6.95. The van der Waals surface area contributed by atoms with Gasteiger partial charge in [0.2, 0.25) is 5.91 Å². The van der Waals surface area contributed by atoms with Gasteiger partial charge in [0.05, 0.1) is 4.91 Å². The molecule has 2 aromatic carbocycles. The third-order valence-electron chi connectivity index (χ3n) is 5.54.